The molecule has 0 spiro atoms. The van der Waals surface area contributed by atoms with E-state index in [1.54, 1.807) is 12.3 Å². The predicted molar refractivity (Wildman–Crippen MR) is 90.7 cm³/mol. The Morgan fingerprint density at radius 2 is 1.92 bits per heavy atom. The molecule has 1 N–H and O–H groups in total. The lowest BCUT2D eigenvalue weighted by molar-refractivity contribution is -0.137. The van der Waals surface area contributed by atoms with E-state index in [1.165, 1.54) is 18.6 Å². The first-order chi connectivity index (χ1) is 12.4. The van der Waals surface area contributed by atoms with Crippen LogP contribution in [0.3, 0.4) is 0 Å². The first-order valence-corrected chi connectivity index (χ1v) is 8.68. The topological polar surface area (TPSA) is 45.5 Å². The molecule has 0 unspecified atom stereocenters. The molecule has 0 aliphatic carbocycles. The van der Waals surface area contributed by atoms with Gasteiger partial charge >= 0.3 is 6.18 Å². The number of nitrogens with one attached hydrogen (secondary N) is 1. The summed E-state index contributed by atoms with van der Waals surface area (Å²) in [4.78, 5) is 14.6. The second-order valence-electron chi connectivity index (χ2n) is 6.42. The van der Waals surface area contributed by atoms with Crippen LogP contribution < -0.4 is 5.32 Å². The third kappa shape index (κ3) is 4.46. The van der Waals surface area contributed by atoms with Crippen molar-refractivity contribution in [2.24, 2.45) is 0 Å². The van der Waals surface area contributed by atoms with Gasteiger partial charge in [-0.1, -0.05) is 12.5 Å². The van der Waals surface area contributed by atoms with Gasteiger partial charge in [0, 0.05) is 12.1 Å². The van der Waals surface area contributed by atoms with Crippen molar-refractivity contribution in [3.8, 4) is 0 Å². The molecule has 1 amide bonds. The van der Waals surface area contributed by atoms with E-state index >= 15 is 0 Å². The van der Waals surface area contributed by atoms with Gasteiger partial charge in [-0.25, -0.2) is 0 Å². The molecule has 1 aliphatic heterocycles. The Morgan fingerprint density at radius 3 is 2.58 bits per heavy atom. The highest BCUT2D eigenvalue weighted by Crippen LogP contribution is 2.29. The summed E-state index contributed by atoms with van der Waals surface area (Å²) >= 11 is 0. The van der Waals surface area contributed by atoms with Crippen LogP contribution in [0.2, 0.25) is 0 Å². The average Bonchev–Trinajstić information content (AvgIpc) is 3.16. The van der Waals surface area contributed by atoms with E-state index in [1.807, 2.05) is 6.07 Å². The molecule has 2 aromatic rings. The van der Waals surface area contributed by atoms with Crippen molar-refractivity contribution in [3.63, 3.8) is 0 Å². The third-order valence-corrected chi connectivity index (χ3v) is 4.61. The summed E-state index contributed by atoms with van der Waals surface area (Å²) < 4.78 is 44.0. The number of carbonyl (C=O) groups excluding carboxylic acids is 1. The molecule has 2 heterocycles. The van der Waals surface area contributed by atoms with Gasteiger partial charge in [0.1, 0.15) is 5.76 Å². The zero-order valence-corrected chi connectivity index (χ0v) is 14.3. The first kappa shape index (κ1) is 18.5. The molecule has 0 radical (unpaired) electrons. The fourth-order valence-electron chi connectivity index (χ4n) is 3.25. The molecule has 1 fully saturated rings. The van der Waals surface area contributed by atoms with Crippen LogP contribution in [-0.2, 0) is 6.18 Å². The molecule has 1 aromatic heterocycles. The molecule has 4 nitrogen and oxygen atoms in total. The van der Waals surface area contributed by atoms with Crippen LogP contribution in [0.4, 0.5) is 13.2 Å². The Labute approximate surface area is 150 Å². The number of rotatable bonds is 5. The highest BCUT2D eigenvalue weighted by molar-refractivity contribution is 5.94. The van der Waals surface area contributed by atoms with Gasteiger partial charge in [-0.15, -0.1) is 0 Å². The van der Waals surface area contributed by atoms with Crippen LogP contribution in [0.5, 0.6) is 0 Å². The highest BCUT2D eigenvalue weighted by Gasteiger charge is 2.31. The van der Waals surface area contributed by atoms with E-state index in [0.29, 0.717) is 0 Å². The quantitative estimate of drug-likeness (QED) is 0.860. The Morgan fingerprint density at radius 1 is 1.15 bits per heavy atom. The molecule has 1 saturated heterocycles. The van der Waals surface area contributed by atoms with E-state index in [-0.39, 0.29) is 18.2 Å². The largest absolute Gasteiger partial charge is 0.468 e. The smallest absolute Gasteiger partial charge is 0.416 e. The van der Waals surface area contributed by atoms with Crippen LogP contribution in [0.25, 0.3) is 0 Å². The van der Waals surface area contributed by atoms with Crippen molar-refractivity contribution in [1.82, 2.24) is 10.2 Å². The van der Waals surface area contributed by atoms with Crippen molar-refractivity contribution in [2.75, 3.05) is 19.6 Å². The number of hydrogen-bond donors (Lipinski definition) is 1. The van der Waals surface area contributed by atoms with Gasteiger partial charge < -0.3 is 9.73 Å². The Hall–Kier alpha value is -2.28. The minimum Gasteiger partial charge on any atom is -0.468 e. The van der Waals surface area contributed by atoms with Crippen molar-refractivity contribution < 1.29 is 22.4 Å². The number of likely N-dealkylation sites (tertiary alicyclic amines) is 1. The molecule has 3 rings (SSSR count). The maximum atomic E-state index is 12.8. The van der Waals surface area contributed by atoms with Gasteiger partial charge in [0.25, 0.3) is 5.91 Å². The number of benzene rings is 1. The number of halogens is 3. The monoisotopic (exact) mass is 366 g/mol. The third-order valence-electron chi connectivity index (χ3n) is 4.61. The number of piperidine rings is 1. The first-order valence-electron chi connectivity index (χ1n) is 8.68. The van der Waals surface area contributed by atoms with Crippen LogP contribution in [0, 0.1) is 0 Å². The predicted octanol–water partition coefficient (Wildman–Crippen LogP) is 4.26. The number of hydrogen-bond acceptors (Lipinski definition) is 3. The second kappa shape index (κ2) is 7.95. The molecule has 140 valence electrons. The van der Waals surface area contributed by atoms with Gasteiger partial charge in [0.05, 0.1) is 17.9 Å². The SMILES string of the molecule is O=C(NC[C@H](c1ccco1)N1CCCCC1)c1cccc(C(F)(F)F)c1. The van der Waals surface area contributed by atoms with E-state index < -0.39 is 17.6 Å². The summed E-state index contributed by atoms with van der Waals surface area (Å²) in [6.45, 7) is 2.10. The fourth-order valence-corrected chi connectivity index (χ4v) is 3.25. The van der Waals surface area contributed by atoms with E-state index in [9.17, 15) is 18.0 Å². The van der Waals surface area contributed by atoms with Crippen LogP contribution in [0.1, 0.15) is 47.0 Å². The lowest BCUT2D eigenvalue weighted by Gasteiger charge is -2.33. The van der Waals surface area contributed by atoms with Gasteiger partial charge in [-0.3, -0.25) is 9.69 Å². The molecule has 26 heavy (non-hydrogen) atoms. The van der Waals surface area contributed by atoms with Crippen LogP contribution >= 0.6 is 0 Å². The average molecular weight is 366 g/mol. The lowest BCUT2D eigenvalue weighted by atomic mass is 10.1. The van der Waals surface area contributed by atoms with E-state index in [2.05, 4.69) is 10.2 Å². The maximum absolute atomic E-state index is 12.8. The molecule has 0 saturated carbocycles. The van der Waals surface area contributed by atoms with Gasteiger partial charge in [0.15, 0.2) is 0 Å². The molecule has 1 aromatic carbocycles. The van der Waals surface area contributed by atoms with E-state index in [0.717, 1.165) is 43.8 Å². The second-order valence-corrected chi connectivity index (χ2v) is 6.42. The Balaban J connectivity index is 1.70. The number of amides is 1. The van der Waals surface area contributed by atoms with Crippen molar-refractivity contribution >= 4 is 5.91 Å². The van der Waals surface area contributed by atoms with Gasteiger partial charge in [-0.05, 0) is 56.3 Å². The van der Waals surface area contributed by atoms with Crippen molar-refractivity contribution in [2.45, 2.75) is 31.5 Å². The number of nitrogens with zero attached hydrogens (tertiary/aromatic N) is 1. The zero-order chi connectivity index (χ0) is 18.6. The summed E-state index contributed by atoms with van der Waals surface area (Å²) in [5.74, 6) is 0.223. The minimum absolute atomic E-state index is 0.00309. The van der Waals surface area contributed by atoms with Crippen molar-refractivity contribution in [3.05, 3.63) is 59.5 Å². The van der Waals surface area contributed by atoms with E-state index in [4.69, 9.17) is 4.42 Å². The minimum atomic E-state index is -4.47. The highest BCUT2D eigenvalue weighted by atomic mass is 19.4. The maximum Gasteiger partial charge on any atom is 0.416 e. The number of alkyl halides is 3. The summed E-state index contributed by atoms with van der Waals surface area (Å²) in [5.41, 5.74) is -0.833. The standard InChI is InChI=1S/C19H21F3N2O2/c20-19(21,22)15-7-4-6-14(12-15)18(25)23-13-16(17-8-5-11-26-17)24-9-2-1-3-10-24/h4-8,11-12,16H,1-3,9-10,13H2,(H,23,25)/t16-/m1/s1. The summed E-state index contributed by atoms with van der Waals surface area (Å²) in [6, 6.07) is 7.98. The van der Waals surface area contributed by atoms with Crippen molar-refractivity contribution in [1.29, 1.82) is 0 Å². The number of carbonyl (C=O) groups is 1. The summed E-state index contributed by atoms with van der Waals surface area (Å²) in [5, 5.41) is 2.76. The van der Waals surface area contributed by atoms with Crippen LogP contribution in [0.15, 0.2) is 47.1 Å². The number of furan rings is 1. The molecular formula is C19H21F3N2O2. The molecule has 1 atom stereocenters. The zero-order valence-electron chi connectivity index (χ0n) is 14.3. The van der Waals surface area contributed by atoms with Crippen LogP contribution in [-0.4, -0.2) is 30.4 Å². The van der Waals surface area contributed by atoms with Gasteiger partial charge in [-0.2, -0.15) is 13.2 Å². The Bertz CT molecular complexity index is 723. The lowest BCUT2D eigenvalue weighted by Crippen LogP contribution is -2.40. The summed E-state index contributed by atoms with van der Waals surface area (Å²) in [7, 11) is 0. The fraction of sp³-hybridized carbons (Fsp3) is 0.421. The normalized spacial score (nSPS) is 17.0. The molecular weight excluding hydrogens is 345 g/mol. The molecule has 0 bridgehead atoms. The Kier molecular flexibility index (Phi) is 5.66. The summed E-state index contributed by atoms with van der Waals surface area (Å²) in [6.07, 6.45) is 0.456. The molecule has 7 heteroatoms. The van der Waals surface area contributed by atoms with Gasteiger partial charge in [0.2, 0.25) is 0 Å². The molecule has 1 aliphatic rings.